The fraction of sp³-hybridized carbons (Fsp3) is 0.200. The second kappa shape index (κ2) is 8.63. The van der Waals surface area contributed by atoms with Crippen LogP contribution < -0.4 is 10.6 Å². The van der Waals surface area contributed by atoms with Crippen molar-refractivity contribution in [2.45, 2.75) is 25.7 Å². The molecule has 0 atom stereocenters. The highest BCUT2D eigenvalue weighted by molar-refractivity contribution is 6.04. The number of hydrogen-bond donors (Lipinski definition) is 3. The minimum Gasteiger partial charge on any atom is -0.338 e. The third-order valence-electron chi connectivity index (χ3n) is 5.82. The number of H-pyrrole nitrogens is 1. The highest BCUT2D eigenvalue weighted by atomic mass is 16.2. The van der Waals surface area contributed by atoms with Crippen LogP contribution >= 0.6 is 0 Å². The molecule has 2 aromatic carbocycles. The molecule has 3 N–H and O–H groups in total. The third-order valence-corrected chi connectivity index (χ3v) is 5.82. The third kappa shape index (κ3) is 4.23. The number of aromatic nitrogens is 3. The van der Waals surface area contributed by atoms with Gasteiger partial charge in [0.1, 0.15) is 5.82 Å². The van der Waals surface area contributed by atoms with Crippen molar-refractivity contribution in [3.05, 3.63) is 72.6 Å². The summed E-state index contributed by atoms with van der Waals surface area (Å²) in [5.74, 6) is 0.747. The molecular weight excluding hydrogens is 402 g/mol. The van der Waals surface area contributed by atoms with E-state index in [9.17, 15) is 9.59 Å². The molecule has 4 aromatic rings. The van der Waals surface area contributed by atoms with E-state index in [0.717, 1.165) is 53.8 Å². The molecule has 7 nitrogen and oxygen atoms in total. The molecule has 0 spiro atoms. The van der Waals surface area contributed by atoms with E-state index in [-0.39, 0.29) is 17.7 Å². The van der Waals surface area contributed by atoms with E-state index in [1.54, 1.807) is 18.3 Å². The zero-order valence-electron chi connectivity index (χ0n) is 17.5. The number of pyridine rings is 1. The summed E-state index contributed by atoms with van der Waals surface area (Å²) in [7, 11) is 0. The first-order chi connectivity index (χ1) is 15.7. The van der Waals surface area contributed by atoms with Crippen molar-refractivity contribution in [3.63, 3.8) is 0 Å². The molecule has 0 aliphatic heterocycles. The predicted octanol–water partition coefficient (Wildman–Crippen LogP) is 5.01. The zero-order valence-corrected chi connectivity index (χ0v) is 17.5. The van der Waals surface area contributed by atoms with E-state index in [1.807, 2.05) is 42.5 Å². The summed E-state index contributed by atoms with van der Waals surface area (Å²) in [6.45, 7) is 0. The lowest BCUT2D eigenvalue weighted by molar-refractivity contribution is -0.119. The number of nitrogens with one attached hydrogen (secondary N) is 3. The van der Waals surface area contributed by atoms with Gasteiger partial charge in [0, 0.05) is 35.2 Å². The molecule has 0 saturated heterocycles. The number of benzene rings is 2. The van der Waals surface area contributed by atoms with E-state index >= 15 is 0 Å². The van der Waals surface area contributed by atoms with Crippen molar-refractivity contribution < 1.29 is 9.59 Å². The number of rotatable bonds is 5. The lowest BCUT2D eigenvalue weighted by atomic mass is 10.1. The standard InChI is InChI=1S/C25H23N5O2/c31-24(17-4-1-2-5-17)28-20-11-12-21-22(14-20)30-23(29-21)16-7-9-19(10-8-16)27-25(32)18-6-3-13-26-15-18/h3,6-15,17H,1-2,4-5H2,(H,27,32)(H,28,31)(H,29,30). The summed E-state index contributed by atoms with van der Waals surface area (Å²) in [5, 5.41) is 5.90. The van der Waals surface area contributed by atoms with Crippen molar-refractivity contribution in [2.24, 2.45) is 5.92 Å². The van der Waals surface area contributed by atoms with Crippen LogP contribution in [0.4, 0.5) is 11.4 Å². The Morgan fingerprint density at radius 2 is 1.72 bits per heavy atom. The van der Waals surface area contributed by atoms with Gasteiger partial charge in [-0.25, -0.2) is 4.98 Å². The predicted molar refractivity (Wildman–Crippen MR) is 124 cm³/mol. The van der Waals surface area contributed by atoms with Crippen molar-refractivity contribution in [2.75, 3.05) is 10.6 Å². The fourth-order valence-corrected chi connectivity index (χ4v) is 4.07. The Kier molecular flexibility index (Phi) is 5.37. The van der Waals surface area contributed by atoms with Crippen molar-refractivity contribution in [1.82, 2.24) is 15.0 Å². The van der Waals surface area contributed by atoms with Crippen molar-refractivity contribution in [3.8, 4) is 11.4 Å². The number of amides is 2. The molecule has 0 radical (unpaired) electrons. The molecule has 0 unspecified atom stereocenters. The van der Waals surface area contributed by atoms with Gasteiger partial charge < -0.3 is 15.6 Å². The zero-order chi connectivity index (χ0) is 21.9. The van der Waals surface area contributed by atoms with E-state index in [2.05, 4.69) is 25.6 Å². The molecule has 1 saturated carbocycles. The Hall–Kier alpha value is -4.00. The molecule has 2 heterocycles. The van der Waals surface area contributed by atoms with E-state index in [0.29, 0.717) is 11.3 Å². The van der Waals surface area contributed by atoms with Gasteiger partial charge in [-0.3, -0.25) is 14.6 Å². The van der Waals surface area contributed by atoms with Crippen LogP contribution in [0, 0.1) is 5.92 Å². The van der Waals surface area contributed by atoms with Gasteiger partial charge in [-0.2, -0.15) is 0 Å². The quantitative estimate of drug-likeness (QED) is 0.419. The van der Waals surface area contributed by atoms with Crippen LogP contribution in [0.1, 0.15) is 36.0 Å². The minimum absolute atomic E-state index is 0.102. The highest BCUT2D eigenvalue weighted by Crippen LogP contribution is 2.27. The Morgan fingerprint density at radius 1 is 0.938 bits per heavy atom. The van der Waals surface area contributed by atoms with Crippen LogP contribution in [0.2, 0.25) is 0 Å². The van der Waals surface area contributed by atoms with Gasteiger partial charge in [-0.15, -0.1) is 0 Å². The molecule has 7 heteroatoms. The number of anilines is 2. The van der Waals surface area contributed by atoms with Gasteiger partial charge in [0.15, 0.2) is 0 Å². The van der Waals surface area contributed by atoms with E-state index in [1.165, 1.54) is 6.20 Å². The lowest BCUT2D eigenvalue weighted by Crippen LogP contribution is -2.20. The van der Waals surface area contributed by atoms with Gasteiger partial charge in [-0.1, -0.05) is 12.8 Å². The molecule has 32 heavy (non-hydrogen) atoms. The number of fused-ring (bicyclic) bond motifs is 1. The topological polar surface area (TPSA) is 99.8 Å². The van der Waals surface area contributed by atoms with Crippen LogP contribution in [0.25, 0.3) is 22.4 Å². The maximum atomic E-state index is 12.4. The summed E-state index contributed by atoms with van der Waals surface area (Å²) >= 11 is 0. The van der Waals surface area contributed by atoms with E-state index < -0.39 is 0 Å². The first-order valence-electron chi connectivity index (χ1n) is 10.8. The summed E-state index contributed by atoms with van der Waals surface area (Å²) in [5.41, 5.74) is 4.56. The Bertz CT molecular complexity index is 1260. The van der Waals surface area contributed by atoms with Gasteiger partial charge in [0.25, 0.3) is 5.91 Å². The largest absolute Gasteiger partial charge is 0.338 e. The van der Waals surface area contributed by atoms with Crippen molar-refractivity contribution >= 4 is 34.2 Å². The van der Waals surface area contributed by atoms with E-state index in [4.69, 9.17) is 0 Å². The molecule has 160 valence electrons. The van der Waals surface area contributed by atoms with Gasteiger partial charge in [-0.05, 0) is 67.4 Å². The Balaban J connectivity index is 1.30. The van der Waals surface area contributed by atoms with Crippen LogP contribution in [-0.4, -0.2) is 26.8 Å². The van der Waals surface area contributed by atoms with Crippen LogP contribution in [-0.2, 0) is 4.79 Å². The summed E-state index contributed by atoms with van der Waals surface area (Å²) in [6.07, 6.45) is 7.37. The fourth-order valence-electron chi connectivity index (χ4n) is 4.07. The second-order valence-electron chi connectivity index (χ2n) is 8.06. The van der Waals surface area contributed by atoms with Gasteiger partial charge >= 0.3 is 0 Å². The first-order valence-corrected chi connectivity index (χ1v) is 10.8. The number of nitrogens with zero attached hydrogens (tertiary/aromatic N) is 2. The summed E-state index contributed by atoms with van der Waals surface area (Å²) < 4.78 is 0. The minimum atomic E-state index is -0.207. The number of imidazole rings is 1. The molecule has 0 bridgehead atoms. The lowest BCUT2D eigenvalue weighted by Gasteiger charge is -2.10. The molecule has 1 aliphatic rings. The second-order valence-corrected chi connectivity index (χ2v) is 8.06. The average Bonchev–Trinajstić information content (AvgIpc) is 3.50. The van der Waals surface area contributed by atoms with Crippen LogP contribution in [0.5, 0.6) is 0 Å². The maximum Gasteiger partial charge on any atom is 0.257 e. The van der Waals surface area contributed by atoms with Crippen LogP contribution in [0.3, 0.4) is 0 Å². The SMILES string of the molecule is O=C(Nc1ccc(-c2nc3ccc(NC(=O)C4CCCC4)cc3[nH]2)cc1)c1cccnc1. The number of hydrogen-bond acceptors (Lipinski definition) is 4. The monoisotopic (exact) mass is 425 g/mol. The Morgan fingerprint density at radius 3 is 2.47 bits per heavy atom. The number of aromatic amines is 1. The molecule has 1 aliphatic carbocycles. The average molecular weight is 425 g/mol. The number of carbonyl (C=O) groups is 2. The van der Waals surface area contributed by atoms with Crippen molar-refractivity contribution in [1.29, 1.82) is 0 Å². The van der Waals surface area contributed by atoms with Crippen LogP contribution in [0.15, 0.2) is 67.0 Å². The molecule has 2 aromatic heterocycles. The Labute approximate surface area is 185 Å². The highest BCUT2D eigenvalue weighted by Gasteiger charge is 2.22. The number of carbonyl (C=O) groups excluding carboxylic acids is 2. The smallest absolute Gasteiger partial charge is 0.257 e. The summed E-state index contributed by atoms with van der Waals surface area (Å²) in [4.78, 5) is 36.6. The maximum absolute atomic E-state index is 12.4. The molecule has 5 rings (SSSR count). The summed E-state index contributed by atoms with van der Waals surface area (Å²) in [6, 6.07) is 16.6. The normalized spacial score (nSPS) is 13.9. The molecule has 2 amide bonds. The van der Waals surface area contributed by atoms with Gasteiger partial charge in [0.05, 0.1) is 16.6 Å². The molecular formula is C25H23N5O2. The first kappa shape index (κ1) is 19.9. The molecule has 1 fully saturated rings. The van der Waals surface area contributed by atoms with Gasteiger partial charge in [0.2, 0.25) is 5.91 Å².